The summed E-state index contributed by atoms with van der Waals surface area (Å²) in [5.74, 6) is 0.0669. The van der Waals surface area contributed by atoms with Crippen LogP contribution in [-0.4, -0.2) is 66.0 Å². The minimum absolute atomic E-state index is 0. The van der Waals surface area contributed by atoms with Crippen molar-refractivity contribution in [1.82, 2.24) is 9.80 Å². The Morgan fingerprint density at radius 2 is 1.82 bits per heavy atom. The van der Waals surface area contributed by atoms with Crippen molar-refractivity contribution >= 4 is 24.2 Å². The van der Waals surface area contributed by atoms with E-state index in [2.05, 4.69) is 0 Å². The Balaban J connectivity index is 0.00000242. The molecule has 2 aliphatic heterocycles. The van der Waals surface area contributed by atoms with Crippen LogP contribution in [0.2, 0.25) is 0 Å². The molecule has 2 unspecified atom stereocenters. The number of hydrogen-bond acceptors (Lipinski definition) is 4. The van der Waals surface area contributed by atoms with Gasteiger partial charge in [0.15, 0.2) is 0 Å². The molecule has 0 saturated carbocycles. The molecule has 2 aliphatic rings. The minimum Gasteiger partial charge on any atom is -0.368 e. The molecule has 2 atom stereocenters. The predicted molar refractivity (Wildman–Crippen MR) is 86.9 cm³/mol. The number of amides is 2. The largest absolute Gasteiger partial charge is 0.368 e. The number of halogens is 1. The van der Waals surface area contributed by atoms with Crippen LogP contribution in [0.25, 0.3) is 0 Å². The van der Waals surface area contributed by atoms with Crippen LogP contribution in [0.15, 0.2) is 0 Å². The molecule has 0 radical (unpaired) electrons. The van der Waals surface area contributed by atoms with E-state index in [1.807, 2.05) is 11.8 Å². The van der Waals surface area contributed by atoms with Crippen LogP contribution in [0.3, 0.4) is 0 Å². The Labute approximate surface area is 138 Å². The number of hydrogen-bond donors (Lipinski definition) is 1. The van der Waals surface area contributed by atoms with Gasteiger partial charge in [-0.15, -0.1) is 12.4 Å². The third-order valence-corrected chi connectivity index (χ3v) is 4.34. The van der Waals surface area contributed by atoms with Gasteiger partial charge in [-0.3, -0.25) is 9.59 Å². The maximum absolute atomic E-state index is 12.4. The maximum Gasteiger partial charge on any atom is 0.251 e. The molecule has 0 bridgehead atoms. The third kappa shape index (κ3) is 4.33. The van der Waals surface area contributed by atoms with Crippen molar-refractivity contribution in [1.29, 1.82) is 0 Å². The average molecular weight is 334 g/mol. The van der Waals surface area contributed by atoms with Crippen LogP contribution in [0.4, 0.5) is 0 Å². The number of nitrogens with zero attached hydrogens (tertiary/aromatic N) is 2. The van der Waals surface area contributed by atoms with E-state index < -0.39 is 5.54 Å². The fraction of sp³-hybridized carbons (Fsp3) is 0.867. The van der Waals surface area contributed by atoms with Gasteiger partial charge in [-0.2, -0.15) is 0 Å². The first kappa shape index (κ1) is 19.2. The second-order valence-corrected chi connectivity index (χ2v) is 6.29. The zero-order chi connectivity index (χ0) is 15.5. The maximum atomic E-state index is 12.4. The van der Waals surface area contributed by atoms with Gasteiger partial charge < -0.3 is 20.3 Å². The first-order chi connectivity index (χ1) is 9.95. The fourth-order valence-electron chi connectivity index (χ4n) is 3.09. The number of piperazine rings is 1. The lowest BCUT2D eigenvalue weighted by Crippen LogP contribution is -2.59. The van der Waals surface area contributed by atoms with Gasteiger partial charge in [0.05, 0.1) is 5.54 Å². The SMILES string of the molecule is CCCC(C)(N)C(=O)N1CCN(C(=O)C2CCCO2)CC1.Cl. The Hall–Kier alpha value is -0.850. The summed E-state index contributed by atoms with van der Waals surface area (Å²) in [7, 11) is 0. The minimum atomic E-state index is -0.796. The summed E-state index contributed by atoms with van der Waals surface area (Å²) in [6, 6.07) is 0. The Bertz CT molecular complexity index is 389. The van der Waals surface area contributed by atoms with Crippen molar-refractivity contribution in [2.24, 2.45) is 5.73 Å². The van der Waals surface area contributed by atoms with Crippen LogP contribution in [-0.2, 0) is 14.3 Å². The van der Waals surface area contributed by atoms with Gasteiger partial charge in [0, 0.05) is 32.8 Å². The van der Waals surface area contributed by atoms with Gasteiger partial charge >= 0.3 is 0 Å². The van der Waals surface area contributed by atoms with Crippen molar-refractivity contribution in [3.8, 4) is 0 Å². The summed E-state index contributed by atoms with van der Waals surface area (Å²) in [4.78, 5) is 28.3. The van der Waals surface area contributed by atoms with E-state index in [-0.39, 0.29) is 30.3 Å². The predicted octanol–water partition coefficient (Wildman–Crippen LogP) is 0.776. The van der Waals surface area contributed by atoms with Crippen molar-refractivity contribution in [3.63, 3.8) is 0 Å². The third-order valence-electron chi connectivity index (χ3n) is 4.34. The molecular weight excluding hydrogens is 306 g/mol. The molecule has 0 aromatic carbocycles. The van der Waals surface area contributed by atoms with Gasteiger partial charge in [-0.1, -0.05) is 13.3 Å². The highest BCUT2D eigenvalue weighted by molar-refractivity contribution is 5.86. The lowest BCUT2D eigenvalue weighted by atomic mass is 9.95. The number of ether oxygens (including phenoxy) is 1. The van der Waals surface area contributed by atoms with Gasteiger partial charge in [0.2, 0.25) is 5.91 Å². The number of carbonyl (C=O) groups is 2. The van der Waals surface area contributed by atoms with E-state index in [9.17, 15) is 9.59 Å². The molecule has 2 fully saturated rings. The Morgan fingerprint density at radius 1 is 1.23 bits per heavy atom. The van der Waals surface area contributed by atoms with Crippen molar-refractivity contribution in [3.05, 3.63) is 0 Å². The zero-order valence-electron chi connectivity index (χ0n) is 13.5. The van der Waals surface area contributed by atoms with Crippen LogP contribution >= 0.6 is 12.4 Å². The molecule has 0 aliphatic carbocycles. The summed E-state index contributed by atoms with van der Waals surface area (Å²) >= 11 is 0. The van der Waals surface area contributed by atoms with E-state index in [1.54, 1.807) is 11.8 Å². The molecule has 0 aromatic rings. The summed E-state index contributed by atoms with van der Waals surface area (Å²) in [6.07, 6.45) is 3.07. The smallest absolute Gasteiger partial charge is 0.251 e. The van der Waals surface area contributed by atoms with Crippen LogP contribution in [0, 0.1) is 0 Å². The highest BCUT2D eigenvalue weighted by Crippen LogP contribution is 2.18. The fourth-order valence-corrected chi connectivity index (χ4v) is 3.09. The lowest BCUT2D eigenvalue weighted by Gasteiger charge is -2.39. The molecule has 6 nitrogen and oxygen atoms in total. The average Bonchev–Trinajstić information content (AvgIpc) is 3.00. The molecule has 128 valence electrons. The van der Waals surface area contributed by atoms with E-state index >= 15 is 0 Å². The standard InChI is InChI=1S/C15H27N3O3.ClH/c1-3-6-15(2,16)14(20)18-9-7-17(8-10-18)13(19)12-5-4-11-21-12;/h12H,3-11,16H2,1-2H3;1H. The van der Waals surface area contributed by atoms with Gasteiger partial charge in [-0.25, -0.2) is 0 Å². The van der Waals surface area contributed by atoms with E-state index in [0.29, 0.717) is 39.2 Å². The molecular formula is C15H28ClN3O3. The Morgan fingerprint density at radius 3 is 2.32 bits per heavy atom. The first-order valence-corrected chi connectivity index (χ1v) is 7.94. The van der Waals surface area contributed by atoms with Crippen molar-refractivity contribution < 1.29 is 14.3 Å². The number of rotatable bonds is 4. The summed E-state index contributed by atoms with van der Waals surface area (Å²) in [5, 5.41) is 0. The normalized spacial score (nSPS) is 24.6. The van der Waals surface area contributed by atoms with Gasteiger partial charge in [0.25, 0.3) is 5.91 Å². The quantitative estimate of drug-likeness (QED) is 0.824. The molecule has 2 amide bonds. The first-order valence-electron chi connectivity index (χ1n) is 7.94. The van der Waals surface area contributed by atoms with Crippen LogP contribution in [0.1, 0.15) is 39.5 Å². The van der Waals surface area contributed by atoms with Crippen LogP contribution < -0.4 is 5.73 Å². The molecule has 2 heterocycles. The van der Waals surface area contributed by atoms with Gasteiger partial charge in [0.1, 0.15) is 6.10 Å². The molecule has 0 spiro atoms. The second kappa shape index (κ2) is 8.13. The number of nitrogens with two attached hydrogens (primary N) is 1. The molecule has 2 N–H and O–H groups in total. The number of carbonyl (C=O) groups excluding carboxylic acids is 2. The van der Waals surface area contributed by atoms with Gasteiger partial charge in [-0.05, 0) is 26.2 Å². The highest BCUT2D eigenvalue weighted by atomic mass is 35.5. The van der Waals surface area contributed by atoms with E-state index in [4.69, 9.17) is 10.5 Å². The highest BCUT2D eigenvalue weighted by Gasteiger charge is 2.35. The topological polar surface area (TPSA) is 75.9 Å². The molecule has 22 heavy (non-hydrogen) atoms. The van der Waals surface area contributed by atoms with Crippen LogP contribution in [0.5, 0.6) is 0 Å². The monoisotopic (exact) mass is 333 g/mol. The molecule has 2 saturated heterocycles. The van der Waals surface area contributed by atoms with Crippen molar-refractivity contribution in [2.75, 3.05) is 32.8 Å². The Kier molecular flexibility index (Phi) is 7.09. The van der Waals surface area contributed by atoms with Crippen molar-refractivity contribution in [2.45, 2.75) is 51.2 Å². The van der Waals surface area contributed by atoms with E-state index in [0.717, 1.165) is 19.3 Å². The summed E-state index contributed by atoms with van der Waals surface area (Å²) in [6.45, 7) is 6.78. The summed E-state index contributed by atoms with van der Waals surface area (Å²) in [5.41, 5.74) is 5.31. The second-order valence-electron chi connectivity index (χ2n) is 6.29. The molecule has 7 heteroatoms. The van der Waals surface area contributed by atoms with E-state index in [1.165, 1.54) is 0 Å². The lowest BCUT2D eigenvalue weighted by molar-refractivity contribution is -0.147. The zero-order valence-corrected chi connectivity index (χ0v) is 14.4. The molecule has 2 rings (SSSR count). The molecule has 0 aromatic heterocycles. The summed E-state index contributed by atoms with van der Waals surface area (Å²) < 4.78 is 5.44.